The lowest BCUT2D eigenvalue weighted by Crippen LogP contribution is -2.27. The minimum atomic E-state index is -0.402. The monoisotopic (exact) mass is 354 g/mol. The predicted molar refractivity (Wildman–Crippen MR) is 99.3 cm³/mol. The number of aldehydes is 2. The van der Waals surface area contributed by atoms with E-state index in [2.05, 4.69) is 13.8 Å². The summed E-state index contributed by atoms with van der Waals surface area (Å²) in [4.78, 5) is 20.8. The van der Waals surface area contributed by atoms with E-state index in [1.165, 1.54) is 0 Å². The molecule has 0 radical (unpaired) electrons. The van der Waals surface area contributed by atoms with E-state index in [0.717, 1.165) is 38.3 Å². The first-order valence-corrected chi connectivity index (χ1v) is 9.34. The molecule has 0 aliphatic heterocycles. The molecule has 0 spiro atoms. The molecule has 0 aliphatic rings. The van der Waals surface area contributed by atoms with Gasteiger partial charge < -0.3 is 23.8 Å². The van der Waals surface area contributed by atoms with E-state index in [1.807, 2.05) is 24.3 Å². The molecule has 0 bridgehead atoms. The number of allylic oxidation sites excluding steroid dienone is 2. The van der Waals surface area contributed by atoms with Crippen molar-refractivity contribution in [2.75, 3.05) is 13.2 Å². The third-order valence-electron chi connectivity index (χ3n) is 3.36. The first kappa shape index (κ1) is 23.7. The standard InChI is InChI=1S/C20H34O5/c1-3-5-17-23-19(13-9-7-11-15-21)25-20(24-18-6-4-2)14-10-8-12-16-22/h7-10,15-16,19-20H,3-6,11-14,17-18H2,1-2H3. The first-order valence-electron chi connectivity index (χ1n) is 9.34. The number of unbranched alkanes of at least 4 members (excludes halogenated alkanes) is 2. The van der Waals surface area contributed by atoms with Crippen LogP contribution < -0.4 is 0 Å². The highest BCUT2D eigenvalue weighted by molar-refractivity contribution is 5.52. The molecule has 0 saturated carbocycles. The first-order chi connectivity index (χ1) is 12.3. The van der Waals surface area contributed by atoms with E-state index in [0.29, 0.717) is 38.9 Å². The molecule has 0 amide bonds. The molecular formula is C20H34O5. The maximum Gasteiger partial charge on any atom is 0.164 e. The topological polar surface area (TPSA) is 61.8 Å². The smallest absolute Gasteiger partial charge is 0.164 e. The second kappa shape index (κ2) is 19.0. The number of rotatable bonds is 18. The van der Waals surface area contributed by atoms with Crippen molar-refractivity contribution < 1.29 is 23.8 Å². The molecule has 5 nitrogen and oxygen atoms in total. The number of hydrogen-bond donors (Lipinski definition) is 0. The Balaban J connectivity index is 4.60. The normalized spacial score (nSPS) is 14.2. The second-order valence-corrected chi connectivity index (χ2v) is 5.66. The SMILES string of the molecule is CCCCOC(CC=CCC=O)OC(CC=CCC=O)OCCCC. The van der Waals surface area contributed by atoms with Crippen molar-refractivity contribution in [3.05, 3.63) is 24.3 Å². The van der Waals surface area contributed by atoms with Crippen LogP contribution >= 0.6 is 0 Å². The molecule has 0 saturated heterocycles. The van der Waals surface area contributed by atoms with Crippen molar-refractivity contribution in [1.29, 1.82) is 0 Å². The van der Waals surface area contributed by atoms with Crippen molar-refractivity contribution in [3.63, 3.8) is 0 Å². The van der Waals surface area contributed by atoms with Gasteiger partial charge in [0.15, 0.2) is 12.6 Å². The molecule has 0 heterocycles. The Morgan fingerprint density at radius 3 is 1.52 bits per heavy atom. The van der Waals surface area contributed by atoms with E-state index < -0.39 is 12.6 Å². The van der Waals surface area contributed by atoms with Gasteiger partial charge in [-0.1, -0.05) is 51.0 Å². The lowest BCUT2D eigenvalue weighted by Gasteiger charge is -2.24. The summed E-state index contributed by atoms with van der Waals surface area (Å²) in [5, 5.41) is 0. The van der Waals surface area contributed by atoms with Crippen LogP contribution in [0.2, 0.25) is 0 Å². The van der Waals surface area contributed by atoms with Gasteiger partial charge in [0.1, 0.15) is 12.6 Å². The Kier molecular flexibility index (Phi) is 18.0. The van der Waals surface area contributed by atoms with E-state index in [9.17, 15) is 9.59 Å². The molecule has 2 unspecified atom stereocenters. The van der Waals surface area contributed by atoms with Gasteiger partial charge in [0.25, 0.3) is 0 Å². The van der Waals surface area contributed by atoms with Gasteiger partial charge in [-0.3, -0.25) is 0 Å². The Hall–Kier alpha value is -1.30. The summed E-state index contributed by atoms with van der Waals surface area (Å²) in [6.07, 6.45) is 14.3. The zero-order valence-corrected chi connectivity index (χ0v) is 15.7. The Morgan fingerprint density at radius 2 is 1.16 bits per heavy atom. The highest BCUT2D eigenvalue weighted by Gasteiger charge is 2.16. The Labute approximate surface area is 152 Å². The van der Waals surface area contributed by atoms with Gasteiger partial charge in [0.05, 0.1) is 0 Å². The van der Waals surface area contributed by atoms with Crippen LogP contribution in [0.15, 0.2) is 24.3 Å². The average molecular weight is 354 g/mol. The summed E-state index contributed by atoms with van der Waals surface area (Å²) in [5.74, 6) is 0. The van der Waals surface area contributed by atoms with Crippen LogP contribution in [-0.2, 0) is 23.8 Å². The number of carbonyl (C=O) groups is 2. The van der Waals surface area contributed by atoms with E-state index >= 15 is 0 Å². The van der Waals surface area contributed by atoms with Crippen LogP contribution in [0.5, 0.6) is 0 Å². The third-order valence-corrected chi connectivity index (χ3v) is 3.36. The maximum atomic E-state index is 10.4. The van der Waals surface area contributed by atoms with Gasteiger partial charge >= 0.3 is 0 Å². The molecule has 5 heteroatoms. The maximum absolute atomic E-state index is 10.4. The average Bonchev–Trinajstić information content (AvgIpc) is 2.62. The van der Waals surface area contributed by atoms with Crippen LogP contribution in [0.4, 0.5) is 0 Å². The number of hydrogen-bond acceptors (Lipinski definition) is 5. The fourth-order valence-corrected chi connectivity index (χ4v) is 1.93. The summed E-state index contributed by atoms with van der Waals surface area (Å²) in [6, 6.07) is 0. The molecule has 144 valence electrons. The number of ether oxygens (including phenoxy) is 3. The van der Waals surface area contributed by atoms with Gasteiger partial charge in [-0.25, -0.2) is 0 Å². The van der Waals surface area contributed by atoms with Gasteiger partial charge in [0, 0.05) is 38.9 Å². The van der Waals surface area contributed by atoms with Crippen molar-refractivity contribution >= 4 is 12.6 Å². The van der Waals surface area contributed by atoms with E-state index in [4.69, 9.17) is 14.2 Å². The van der Waals surface area contributed by atoms with Gasteiger partial charge in [0.2, 0.25) is 0 Å². The minimum absolute atomic E-state index is 0.395. The van der Waals surface area contributed by atoms with Crippen LogP contribution in [-0.4, -0.2) is 38.4 Å². The molecule has 25 heavy (non-hydrogen) atoms. The summed E-state index contributed by atoms with van der Waals surface area (Å²) < 4.78 is 17.6. The summed E-state index contributed by atoms with van der Waals surface area (Å²) in [5.41, 5.74) is 0. The summed E-state index contributed by atoms with van der Waals surface area (Å²) >= 11 is 0. The Bertz CT molecular complexity index is 331. The van der Waals surface area contributed by atoms with Crippen LogP contribution in [0.25, 0.3) is 0 Å². The molecular weight excluding hydrogens is 320 g/mol. The Morgan fingerprint density at radius 1 is 0.720 bits per heavy atom. The quantitative estimate of drug-likeness (QED) is 0.158. The minimum Gasteiger partial charge on any atom is -0.352 e. The van der Waals surface area contributed by atoms with Crippen LogP contribution in [0.3, 0.4) is 0 Å². The van der Waals surface area contributed by atoms with Crippen molar-refractivity contribution in [3.8, 4) is 0 Å². The fraction of sp³-hybridized carbons (Fsp3) is 0.700. The molecule has 0 aromatic rings. The summed E-state index contributed by atoms with van der Waals surface area (Å²) in [6.45, 7) is 5.48. The lowest BCUT2D eigenvalue weighted by atomic mass is 10.3. The zero-order valence-electron chi connectivity index (χ0n) is 15.7. The van der Waals surface area contributed by atoms with Gasteiger partial charge in [-0.05, 0) is 12.8 Å². The van der Waals surface area contributed by atoms with E-state index in [1.54, 1.807) is 0 Å². The molecule has 0 fully saturated rings. The zero-order chi connectivity index (χ0) is 18.6. The van der Waals surface area contributed by atoms with E-state index in [-0.39, 0.29) is 0 Å². The molecule has 0 aliphatic carbocycles. The van der Waals surface area contributed by atoms with Gasteiger partial charge in [-0.15, -0.1) is 0 Å². The summed E-state index contributed by atoms with van der Waals surface area (Å²) in [7, 11) is 0. The predicted octanol–water partition coefficient (Wildman–Crippen LogP) is 4.36. The van der Waals surface area contributed by atoms with Gasteiger partial charge in [-0.2, -0.15) is 0 Å². The molecule has 0 aromatic carbocycles. The number of carbonyl (C=O) groups excluding carboxylic acids is 2. The second-order valence-electron chi connectivity index (χ2n) is 5.66. The molecule has 2 atom stereocenters. The van der Waals surface area contributed by atoms with Crippen molar-refractivity contribution in [1.82, 2.24) is 0 Å². The highest BCUT2D eigenvalue weighted by Crippen LogP contribution is 2.13. The largest absolute Gasteiger partial charge is 0.352 e. The van der Waals surface area contributed by atoms with Crippen molar-refractivity contribution in [2.24, 2.45) is 0 Å². The van der Waals surface area contributed by atoms with Crippen LogP contribution in [0, 0.1) is 0 Å². The molecule has 0 aromatic heterocycles. The van der Waals surface area contributed by atoms with Crippen LogP contribution in [0.1, 0.15) is 65.2 Å². The molecule has 0 N–H and O–H groups in total. The third kappa shape index (κ3) is 15.9. The highest BCUT2D eigenvalue weighted by atomic mass is 16.8. The lowest BCUT2D eigenvalue weighted by molar-refractivity contribution is -0.242. The molecule has 0 rings (SSSR count). The fourth-order valence-electron chi connectivity index (χ4n) is 1.93. The van der Waals surface area contributed by atoms with Crippen molar-refractivity contribution in [2.45, 2.75) is 77.8 Å².